The Morgan fingerprint density at radius 2 is 1.27 bits per heavy atom. The van der Waals surface area contributed by atoms with E-state index < -0.39 is 0 Å². The van der Waals surface area contributed by atoms with Crippen molar-refractivity contribution in [2.75, 3.05) is 0 Å². The SMILES string of the molecule is Cc1ccccc1-c1cc2c(cc1C)Cc1cc3ccccc3cc1O2. The molecule has 0 amide bonds. The van der Waals surface area contributed by atoms with Crippen LogP contribution in [0.2, 0.25) is 0 Å². The number of rotatable bonds is 1. The van der Waals surface area contributed by atoms with Crippen LogP contribution in [0.15, 0.2) is 72.8 Å². The van der Waals surface area contributed by atoms with Crippen molar-refractivity contribution in [2.24, 2.45) is 0 Å². The minimum Gasteiger partial charge on any atom is -0.457 e. The second-order valence-electron chi connectivity index (χ2n) is 7.18. The zero-order valence-corrected chi connectivity index (χ0v) is 15.0. The van der Waals surface area contributed by atoms with Crippen molar-refractivity contribution in [3.8, 4) is 22.6 Å². The van der Waals surface area contributed by atoms with E-state index >= 15 is 0 Å². The van der Waals surface area contributed by atoms with Crippen LogP contribution in [0.1, 0.15) is 22.3 Å². The van der Waals surface area contributed by atoms with E-state index in [1.54, 1.807) is 0 Å². The fraction of sp³-hybridized carbons (Fsp3) is 0.120. The summed E-state index contributed by atoms with van der Waals surface area (Å²) in [5, 5.41) is 2.49. The van der Waals surface area contributed by atoms with Gasteiger partial charge in [0.1, 0.15) is 11.5 Å². The maximum absolute atomic E-state index is 6.34. The molecule has 1 heteroatoms. The lowest BCUT2D eigenvalue weighted by atomic mass is 9.91. The molecule has 0 aromatic heterocycles. The maximum Gasteiger partial charge on any atom is 0.131 e. The normalized spacial score (nSPS) is 12.4. The van der Waals surface area contributed by atoms with Gasteiger partial charge in [0.2, 0.25) is 0 Å². The molecule has 1 aliphatic rings. The van der Waals surface area contributed by atoms with Crippen molar-refractivity contribution in [1.82, 2.24) is 0 Å². The number of fused-ring (bicyclic) bond motifs is 3. The molecule has 4 aromatic carbocycles. The van der Waals surface area contributed by atoms with Gasteiger partial charge in [-0.25, -0.2) is 0 Å². The molecular formula is C25H20O. The summed E-state index contributed by atoms with van der Waals surface area (Å²) >= 11 is 0. The van der Waals surface area contributed by atoms with Gasteiger partial charge in [-0.05, 0) is 76.2 Å². The summed E-state index contributed by atoms with van der Waals surface area (Å²) in [7, 11) is 0. The molecule has 1 aliphatic heterocycles. The van der Waals surface area contributed by atoms with E-state index in [4.69, 9.17) is 4.74 Å². The van der Waals surface area contributed by atoms with Gasteiger partial charge in [0.05, 0.1) is 0 Å². The summed E-state index contributed by atoms with van der Waals surface area (Å²) in [4.78, 5) is 0. The zero-order valence-electron chi connectivity index (χ0n) is 15.0. The van der Waals surface area contributed by atoms with E-state index in [-0.39, 0.29) is 0 Å². The molecule has 0 atom stereocenters. The Morgan fingerprint density at radius 3 is 2.08 bits per heavy atom. The van der Waals surface area contributed by atoms with E-state index in [1.165, 1.54) is 44.2 Å². The molecule has 0 saturated heterocycles. The van der Waals surface area contributed by atoms with Crippen LogP contribution in [0.3, 0.4) is 0 Å². The summed E-state index contributed by atoms with van der Waals surface area (Å²) in [5.41, 5.74) is 7.65. The lowest BCUT2D eigenvalue weighted by Gasteiger charge is -2.23. The van der Waals surface area contributed by atoms with Crippen molar-refractivity contribution in [1.29, 1.82) is 0 Å². The Kier molecular flexibility index (Phi) is 3.36. The minimum atomic E-state index is 0.921. The van der Waals surface area contributed by atoms with E-state index in [0.29, 0.717) is 0 Å². The Labute approximate surface area is 153 Å². The number of hydrogen-bond acceptors (Lipinski definition) is 1. The average molecular weight is 336 g/mol. The van der Waals surface area contributed by atoms with Crippen molar-refractivity contribution in [3.63, 3.8) is 0 Å². The fourth-order valence-electron chi connectivity index (χ4n) is 3.97. The number of hydrogen-bond donors (Lipinski definition) is 0. The highest BCUT2D eigenvalue weighted by Gasteiger charge is 2.20. The molecule has 0 N–H and O–H groups in total. The molecular weight excluding hydrogens is 316 g/mol. The number of aryl methyl sites for hydroxylation is 2. The van der Waals surface area contributed by atoms with E-state index in [1.807, 2.05) is 0 Å². The first-order chi connectivity index (χ1) is 12.7. The van der Waals surface area contributed by atoms with Crippen LogP contribution in [0.4, 0.5) is 0 Å². The molecule has 0 radical (unpaired) electrons. The Bertz CT molecular complexity index is 1150. The smallest absolute Gasteiger partial charge is 0.131 e. The van der Waals surface area contributed by atoms with Crippen LogP contribution < -0.4 is 4.74 Å². The summed E-state index contributed by atoms with van der Waals surface area (Å²) in [5.74, 6) is 1.97. The Morgan fingerprint density at radius 1 is 0.615 bits per heavy atom. The predicted octanol–water partition coefficient (Wildman–Crippen LogP) is 6.82. The number of benzene rings is 4. The molecule has 4 aromatic rings. The summed E-state index contributed by atoms with van der Waals surface area (Å²) in [6, 6.07) is 25.9. The van der Waals surface area contributed by atoms with Gasteiger partial charge in [-0.1, -0.05) is 54.6 Å². The minimum absolute atomic E-state index is 0.921. The first-order valence-electron chi connectivity index (χ1n) is 9.08. The van der Waals surface area contributed by atoms with Crippen molar-refractivity contribution in [3.05, 3.63) is 95.1 Å². The van der Waals surface area contributed by atoms with Gasteiger partial charge in [-0.15, -0.1) is 0 Å². The monoisotopic (exact) mass is 336 g/mol. The van der Waals surface area contributed by atoms with Gasteiger partial charge in [-0.2, -0.15) is 0 Å². The lowest BCUT2D eigenvalue weighted by Crippen LogP contribution is -2.04. The molecule has 0 fully saturated rings. The molecule has 126 valence electrons. The topological polar surface area (TPSA) is 9.23 Å². The molecule has 0 aliphatic carbocycles. The van der Waals surface area contributed by atoms with Crippen LogP contribution in [0.5, 0.6) is 11.5 Å². The highest BCUT2D eigenvalue weighted by molar-refractivity contribution is 5.85. The van der Waals surface area contributed by atoms with Crippen LogP contribution in [-0.4, -0.2) is 0 Å². The Hall–Kier alpha value is -3.06. The molecule has 1 nitrogen and oxygen atoms in total. The lowest BCUT2D eigenvalue weighted by molar-refractivity contribution is 0.461. The predicted molar refractivity (Wildman–Crippen MR) is 108 cm³/mol. The van der Waals surface area contributed by atoms with Gasteiger partial charge in [0.15, 0.2) is 0 Å². The molecule has 0 spiro atoms. The molecule has 0 bridgehead atoms. The van der Waals surface area contributed by atoms with Crippen LogP contribution >= 0.6 is 0 Å². The first-order valence-corrected chi connectivity index (χ1v) is 9.08. The number of ether oxygens (including phenoxy) is 1. The highest BCUT2D eigenvalue weighted by atomic mass is 16.5. The van der Waals surface area contributed by atoms with E-state index in [2.05, 4.69) is 86.6 Å². The van der Waals surface area contributed by atoms with Crippen LogP contribution in [0.25, 0.3) is 21.9 Å². The first kappa shape index (κ1) is 15.2. The molecule has 0 unspecified atom stereocenters. The third kappa shape index (κ3) is 2.40. The second kappa shape index (κ2) is 5.74. The molecule has 5 rings (SSSR count). The van der Waals surface area contributed by atoms with E-state index in [9.17, 15) is 0 Å². The van der Waals surface area contributed by atoms with Gasteiger partial charge >= 0.3 is 0 Å². The highest BCUT2D eigenvalue weighted by Crippen LogP contribution is 2.42. The van der Waals surface area contributed by atoms with Gasteiger partial charge < -0.3 is 4.74 Å². The van der Waals surface area contributed by atoms with Crippen LogP contribution in [-0.2, 0) is 6.42 Å². The second-order valence-corrected chi connectivity index (χ2v) is 7.18. The summed E-state index contributed by atoms with van der Waals surface area (Å²) in [6.45, 7) is 4.36. The average Bonchev–Trinajstić information content (AvgIpc) is 2.65. The van der Waals surface area contributed by atoms with Gasteiger partial charge in [0, 0.05) is 6.42 Å². The summed E-state index contributed by atoms with van der Waals surface area (Å²) in [6.07, 6.45) is 0.921. The van der Waals surface area contributed by atoms with Gasteiger partial charge in [0.25, 0.3) is 0 Å². The molecule has 26 heavy (non-hydrogen) atoms. The third-order valence-electron chi connectivity index (χ3n) is 5.37. The van der Waals surface area contributed by atoms with Crippen molar-refractivity contribution in [2.45, 2.75) is 20.3 Å². The van der Waals surface area contributed by atoms with Crippen LogP contribution in [0, 0.1) is 13.8 Å². The largest absolute Gasteiger partial charge is 0.457 e. The maximum atomic E-state index is 6.34. The van der Waals surface area contributed by atoms with Gasteiger partial charge in [-0.3, -0.25) is 0 Å². The third-order valence-corrected chi connectivity index (χ3v) is 5.37. The Balaban J connectivity index is 1.64. The van der Waals surface area contributed by atoms with Crippen molar-refractivity contribution >= 4 is 10.8 Å². The summed E-state index contributed by atoms with van der Waals surface area (Å²) < 4.78 is 6.34. The zero-order chi connectivity index (χ0) is 17.7. The quantitative estimate of drug-likeness (QED) is 0.326. The molecule has 0 saturated carbocycles. The standard InChI is InChI=1S/C25H20O/c1-16-7-3-6-10-22(16)23-15-25-20(11-17(23)2)13-21-12-18-8-4-5-9-19(18)14-24(21)26-25/h3-12,14-15H,13H2,1-2H3. The van der Waals surface area contributed by atoms with Crippen molar-refractivity contribution < 1.29 is 4.74 Å². The van der Waals surface area contributed by atoms with E-state index in [0.717, 1.165) is 17.9 Å². The fourth-order valence-corrected chi connectivity index (χ4v) is 3.97. The molecule has 1 heterocycles.